The van der Waals surface area contributed by atoms with Gasteiger partial charge in [-0.3, -0.25) is 0 Å². The summed E-state index contributed by atoms with van der Waals surface area (Å²) in [6.07, 6.45) is 0. The van der Waals surface area contributed by atoms with Gasteiger partial charge in [-0.15, -0.1) is 0 Å². The predicted molar refractivity (Wildman–Crippen MR) is 102 cm³/mol. The lowest BCUT2D eigenvalue weighted by molar-refractivity contribution is 0.252. The van der Waals surface area contributed by atoms with Crippen molar-refractivity contribution in [2.45, 2.75) is 27.7 Å². The average Bonchev–Trinajstić information content (AvgIpc) is 2.54. The molecule has 0 fully saturated rings. The summed E-state index contributed by atoms with van der Waals surface area (Å²) >= 11 is 0. The molecule has 0 radical (unpaired) electrons. The molecule has 0 bridgehead atoms. The van der Waals surface area contributed by atoms with Crippen molar-refractivity contribution in [1.29, 1.82) is 0 Å². The summed E-state index contributed by atoms with van der Waals surface area (Å²) in [4.78, 5) is 20.6. The van der Waals surface area contributed by atoms with E-state index in [4.69, 9.17) is 0 Å². The van der Waals surface area contributed by atoms with Gasteiger partial charge in [0.2, 0.25) is 5.95 Å². The maximum absolute atomic E-state index is 12.0. The van der Waals surface area contributed by atoms with Crippen LogP contribution in [0.15, 0.2) is 24.3 Å². The van der Waals surface area contributed by atoms with Crippen molar-refractivity contribution in [3.05, 3.63) is 41.1 Å². The topological polar surface area (TPSA) is 91.0 Å². The van der Waals surface area contributed by atoms with Crippen LogP contribution >= 0.6 is 0 Å². The number of aryl methyl sites for hydroxylation is 3. The molecule has 25 heavy (non-hydrogen) atoms. The van der Waals surface area contributed by atoms with Crippen LogP contribution in [0.1, 0.15) is 23.7 Å². The molecule has 1 aromatic heterocycles. The average molecular weight is 342 g/mol. The van der Waals surface area contributed by atoms with E-state index < -0.39 is 0 Å². The minimum atomic E-state index is -0.221. The van der Waals surface area contributed by atoms with Crippen LogP contribution in [0.25, 0.3) is 0 Å². The number of anilines is 3. The van der Waals surface area contributed by atoms with Crippen LogP contribution < -0.4 is 21.3 Å². The van der Waals surface area contributed by atoms with Crippen molar-refractivity contribution in [2.75, 3.05) is 35.6 Å². The van der Waals surface area contributed by atoms with Gasteiger partial charge >= 0.3 is 6.03 Å². The Morgan fingerprint density at radius 2 is 1.84 bits per heavy atom. The predicted octanol–water partition coefficient (Wildman–Crippen LogP) is 3.07. The highest BCUT2D eigenvalue weighted by Crippen LogP contribution is 2.15. The second-order valence-electron chi connectivity index (χ2n) is 5.87. The molecule has 0 aliphatic carbocycles. The molecule has 7 nitrogen and oxygen atoms in total. The van der Waals surface area contributed by atoms with Crippen molar-refractivity contribution < 1.29 is 4.79 Å². The summed E-state index contributed by atoms with van der Waals surface area (Å²) in [6.45, 7) is 9.74. The first-order chi connectivity index (χ1) is 12.0. The number of amides is 2. The molecular formula is C18H26N6O. The lowest BCUT2D eigenvalue weighted by Gasteiger charge is -2.12. The lowest BCUT2D eigenvalue weighted by atomic mass is 10.1. The summed E-state index contributed by atoms with van der Waals surface area (Å²) in [5.41, 5.74) is 3.91. The minimum absolute atomic E-state index is 0.221. The van der Waals surface area contributed by atoms with Gasteiger partial charge in [0.05, 0.1) is 0 Å². The third kappa shape index (κ3) is 5.95. The molecule has 2 amide bonds. The number of aromatic nitrogens is 2. The summed E-state index contributed by atoms with van der Waals surface area (Å²) in [5.74, 6) is 1.34. The number of urea groups is 1. The molecule has 0 aliphatic rings. The fraction of sp³-hybridized carbons (Fsp3) is 0.389. The number of carbonyl (C=O) groups is 1. The highest BCUT2D eigenvalue weighted by Gasteiger charge is 2.04. The maximum atomic E-state index is 12.0. The van der Waals surface area contributed by atoms with E-state index in [0.29, 0.717) is 19.0 Å². The summed E-state index contributed by atoms with van der Waals surface area (Å²) in [7, 11) is 0. The number of carbonyl (C=O) groups excluding carboxylic acids is 1. The Kier molecular flexibility index (Phi) is 6.56. The first-order valence-electron chi connectivity index (χ1n) is 8.43. The lowest BCUT2D eigenvalue weighted by Crippen LogP contribution is -2.33. The van der Waals surface area contributed by atoms with E-state index in [0.717, 1.165) is 29.3 Å². The van der Waals surface area contributed by atoms with Crippen molar-refractivity contribution in [1.82, 2.24) is 15.3 Å². The number of hydrogen-bond acceptors (Lipinski definition) is 5. The molecule has 0 unspecified atom stereocenters. The number of nitrogens with one attached hydrogen (secondary N) is 4. The van der Waals surface area contributed by atoms with E-state index in [2.05, 4.69) is 31.2 Å². The second-order valence-corrected chi connectivity index (χ2v) is 5.87. The molecule has 0 atom stereocenters. The van der Waals surface area contributed by atoms with E-state index in [-0.39, 0.29) is 6.03 Å². The molecule has 2 aromatic rings. The normalized spacial score (nSPS) is 10.2. The Morgan fingerprint density at radius 1 is 1.04 bits per heavy atom. The third-order valence-corrected chi connectivity index (χ3v) is 3.54. The molecule has 1 heterocycles. The van der Waals surface area contributed by atoms with Crippen LogP contribution in [0.3, 0.4) is 0 Å². The SMILES string of the molecule is CCNc1nc(C)cc(NCCNC(=O)Nc2ccc(C)cc2C)n1. The Morgan fingerprint density at radius 3 is 2.56 bits per heavy atom. The quantitative estimate of drug-likeness (QED) is 0.581. The van der Waals surface area contributed by atoms with Gasteiger partial charge in [-0.2, -0.15) is 4.98 Å². The van der Waals surface area contributed by atoms with Crippen molar-refractivity contribution in [2.24, 2.45) is 0 Å². The van der Waals surface area contributed by atoms with Gasteiger partial charge in [0.1, 0.15) is 5.82 Å². The van der Waals surface area contributed by atoms with E-state index in [9.17, 15) is 4.79 Å². The Labute approximate surface area is 148 Å². The maximum Gasteiger partial charge on any atom is 0.319 e. The number of benzene rings is 1. The zero-order valence-electron chi connectivity index (χ0n) is 15.2. The van der Waals surface area contributed by atoms with Crippen molar-refractivity contribution in [3.63, 3.8) is 0 Å². The fourth-order valence-electron chi connectivity index (χ4n) is 2.38. The van der Waals surface area contributed by atoms with Gasteiger partial charge in [-0.25, -0.2) is 9.78 Å². The summed E-state index contributed by atoms with van der Waals surface area (Å²) in [5, 5.41) is 12.0. The number of hydrogen-bond donors (Lipinski definition) is 4. The van der Waals surface area contributed by atoms with Gasteiger partial charge in [0.25, 0.3) is 0 Å². The van der Waals surface area contributed by atoms with Gasteiger partial charge in [0.15, 0.2) is 0 Å². The van der Waals surface area contributed by atoms with Gasteiger partial charge in [0, 0.05) is 37.1 Å². The molecular weight excluding hydrogens is 316 g/mol. The zero-order valence-corrected chi connectivity index (χ0v) is 15.2. The number of rotatable bonds is 7. The first-order valence-corrected chi connectivity index (χ1v) is 8.43. The largest absolute Gasteiger partial charge is 0.368 e. The Balaban J connectivity index is 1.78. The van der Waals surface area contributed by atoms with E-state index in [1.54, 1.807) is 0 Å². The standard InChI is InChI=1S/C18H26N6O/c1-5-19-17-22-14(4)11-16(24-17)20-8-9-21-18(25)23-15-7-6-12(2)10-13(15)3/h6-7,10-11H,5,8-9H2,1-4H3,(H2,21,23,25)(H2,19,20,22,24). The molecule has 134 valence electrons. The highest BCUT2D eigenvalue weighted by atomic mass is 16.2. The highest BCUT2D eigenvalue weighted by molar-refractivity contribution is 5.90. The molecule has 0 spiro atoms. The van der Waals surface area contributed by atoms with Crippen LogP contribution in [0, 0.1) is 20.8 Å². The number of nitrogens with zero attached hydrogens (tertiary/aromatic N) is 2. The third-order valence-electron chi connectivity index (χ3n) is 3.54. The molecule has 4 N–H and O–H groups in total. The van der Waals surface area contributed by atoms with Crippen LogP contribution in [0.5, 0.6) is 0 Å². The van der Waals surface area contributed by atoms with Crippen LogP contribution in [-0.2, 0) is 0 Å². The summed E-state index contributed by atoms with van der Waals surface area (Å²) < 4.78 is 0. The summed E-state index contributed by atoms with van der Waals surface area (Å²) in [6, 6.07) is 7.58. The van der Waals surface area contributed by atoms with Gasteiger partial charge in [-0.05, 0) is 39.3 Å². The van der Waals surface area contributed by atoms with E-state index in [1.807, 2.05) is 52.0 Å². The zero-order chi connectivity index (χ0) is 18.2. The van der Waals surface area contributed by atoms with Gasteiger partial charge < -0.3 is 21.3 Å². The molecule has 0 saturated carbocycles. The van der Waals surface area contributed by atoms with Gasteiger partial charge in [-0.1, -0.05) is 17.7 Å². The molecule has 0 aliphatic heterocycles. The van der Waals surface area contributed by atoms with E-state index in [1.165, 1.54) is 5.56 Å². The van der Waals surface area contributed by atoms with Crippen LogP contribution in [0.4, 0.5) is 22.2 Å². The Bertz CT molecular complexity index is 732. The molecule has 2 rings (SSSR count). The molecule has 7 heteroatoms. The van der Waals surface area contributed by atoms with Crippen molar-refractivity contribution in [3.8, 4) is 0 Å². The Hall–Kier alpha value is -2.83. The van der Waals surface area contributed by atoms with E-state index >= 15 is 0 Å². The van der Waals surface area contributed by atoms with Crippen molar-refractivity contribution >= 4 is 23.5 Å². The monoisotopic (exact) mass is 342 g/mol. The van der Waals surface area contributed by atoms with Crippen LogP contribution in [-0.4, -0.2) is 35.6 Å². The smallest absolute Gasteiger partial charge is 0.319 e. The second kappa shape index (κ2) is 8.86. The first kappa shape index (κ1) is 18.5. The molecule has 1 aromatic carbocycles. The minimum Gasteiger partial charge on any atom is -0.368 e. The van der Waals surface area contributed by atoms with Crippen LogP contribution in [0.2, 0.25) is 0 Å². The fourth-order valence-corrected chi connectivity index (χ4v) is 2.38. The molecule has 0 saturated heterocycles.